The first kappa shape index (κ1) is 9.09. The molecule has 0 amide bonds. The van der Waals surface area contributed by atoms with E-state index in [0.717, 1.165) is 12.7 Å². The average molecular weight is 196 g/mol. The van der Waals surface area contributed by atoms with Crippen molar-refractivity contribution in [2.24, 2.45) is 0 Å². The molecule has 2 unspecified atom stereocenters. The molecule has 14 heavy (non-hydrogen) atoms. The van der Waals surface area contributed by atoms with E-state index in [-0.39, 0.29) is 0 Å². The summed E-state index contributed by atoms with van der Waals surface area (Å²) < 4.78 is 0. The first-order valence-electron chi connectivity index (χ1n) is 5.85. The van der Waals surface area contributed by atoms with Crippen LogP contribution in [0.2, 0.25) is 0 Å². The fourth-order valence-electron chi connectivity index (χ4n) is 2.92. The number of nitrogens with one attached hydrogen (secondary N) is 1. The number of hydrogen-bond donors (Lipinski definition) is 1. The Labute approximate surface area is 85.8 Å². The largest absolute Gasteiger partial charge is 0.314 e. The second kappa shape index (κ2) is 3.77. The van der Waals surface area contributed by atoms with E-state index in [1.165, 1.54) is 52.4 Å². The molecule has 4 heteroatoms. The van der Waals surface area contributed by atoms with E-state index in [0.29, 0.717) is 0 Å². The lowest BCUT2D eigenvalue weighted by molar-refractivity contribution is 0.0475. The van der Waals surface area contributed by atoms with Gasteiger partial charge in [0, 0.05) is 58.9 Å². The summed E-state index contributed by atoms with van der Waals surface area (Å²) in [5, 5.41) is 3.52. The zero-order chi connectivity index (χ0) is 9.38. The first-order valence-corrected chi connectivity index (χ1v) is 5.85. The smallest absolute Gasteiger partial charge is 0.0755 e. The summed E-state index contributed by atoms with van der Waals surface area (Å²) in [6.45, 7) is 11.2. The van der Waals surface area contributed by atoms with Gasteiger partial charge in [-0.15, -0.1) is 0 Å². The van der Waals surface area contributed by atoms with Gasteiger partial charge in [-0.1, -0.05) is 0 Å². The Hall–Kier alpha value is -0.160. The first-order chi connectivity index (χ1) is 6.93. The minimum Gasteiger partial charge on any atom is -0.314 e. The van der Waals surface area contributed by atoms with Crippen LogP contribution in [0, 0.1) is 0 Å². The monoisotopic (exact) mass is 196 g/mol. The summed E-state index contributed by atoms with van der Waals surface area (Å²) in [5.41, 5.74) is 0. The normalized spacial score (nSPS) is 40.3. The van der Waals surface area contributed by atoms with Gasteiger partial charge in [0.1, 0.15) is 0 Å². The number of piperazine rings is 1. The third-order valence-corrected chi connectivity index (χ3v) is 3.82. The minimum atomic E-state index is 0.726. The minimum absolute atomic E-state index is 0.726. The summed E-state index contributed by atoms with van der Waals surface area (Å²) in [7, 11) is 0. The highest BCUT2D eigenvalue weighted by molar-refractivity contribution is 4.89. The van der Waals surface area contributed by atoms with Crippen molar-refractivity contribution in [1.29, 1.82) is 0 Å². The molecule has 1 N–H and O–H groups in total. The van der Waals surface area contributed by atoms with Crippen molar-refractivity contribution < 1.29 is 0 Å². The molecule has 0 aromatic heterocycles. The van der Waals surface area contributed by atoms with Gasteiger partial charge in [0.15, 0.2) is 0 Å². The Bertz CT molecular complexity index is 206. The van der Waals surface area contributed by atoms with Crippen molar-refractivity contribution in [2.45, 2.75) is 6.17 Å². The molecular weight excluding hydrogens is 176 g/mol. The molecule has 0 aliphatic carbocycles. The Balaban J connectivity index is 1.76. The highest BCUT2D eigenvalue weighted by Gasteiger charge is 2.36. The third-order valence-electron chi connectivity index (χ3n) is 3.82. The second-order valence-corrected chi connectivity index (χ2v) is 4.60. The van der Waals surface area contributed by atoms with E-state index in [9.17, 15) is 0 Å². The van der Waals surface area contributed by atoms with Crippen molar-refractivity contribution in [3.63, 3.8) is 0 Å². The van der Waals surface area contributed by atoms with Crippen molar-refractivity contribution >= 4 is 0 Å². The lowest BCUT2D eigenvalue weighted by Crippen LogP contribution is -2.54. The molecule has 0 aromatic rings. The molecule has 0 saturated carbocycles. The zero-order valence-corrected chi connectivity index (χ0v) is 8.78. The fraction of sp³-hybridized carbons (Fsp3) is 1.00. The van der Waals surface area contributed by atoms with Crippen LogP contribution in [0.1, 0.15) is 0 Å². The molecule has 4 nitrogen and oxygen atoms in total. The molecule has 0 spiro atoms. The van der Waals surface area contributed by atoms with Gasteiger partial charge in [0.05, 0.1) is 6.17 Å². The lowest BCUT2D eigenvalue weighted by Gasteiger charge is -2.39. The molecule has 0 radical (unpaired) electrons. The maximum Gasteiger partial charge on any atom is 0.0755 e. The SMILES string of the molecule is C1CN2CCN3CCN(CCN1)C3C2. The Morgan fingerprint density at radius 2 is 1.50 bits per heavy atom. The molecule has 2 atom stereocenters. The van der Waals surface area contributed by atoms with Crippen LogP contribution in [0.25, 0.3) is 0 Å². The van der Waals surface area contributed by atoms with Crippen LogP contribution in [0.3, 0.4) is 0 Å². The van der Waals surface area contributed by atoms with Gasteiger partial charge in [-0.05, 0) is 0 Å². The molecule has 3 heterocycles. The van der Waals surface area contributed by atoms with E-state index < -0.39 is 0 Å². The van der Waals surface area contributed by atoms with Crippen molar-refractivity contribution in [3.8, 4) is 0 Å². The van der Waals surface area contributed by atoms with E-state index in [1.807, 2.05) is 0 Å². The highest BCUT2D eigenvalue weighted by atomic mass is 15.5. The van der Waals surface area contributed by atoms with E-state index in [4.69, 9.17) is 0 Å². The number of rotatable bonds is 0. The average Bonchev–Trinajstić information content (AvgIpc) is 2.60. The van der Waals surface area contributed by atoms with Gasteiger partial charge in [-0.2, -0.15) is 0 Å². The van der Waals surface area contributed by atoms with Crippen molar-refractivity contribution in [3.05, 3.63) is 0 Å². The summed E-state index contributed by atoms with van der Waals surface area (Å²) in [4.78, 5) is 7.91. The Morgan fingerprint density at radius 3 is 2.43 bits per heavy atom. The lowest BCUT2D eigenvalue weighted by atomic mass is 10.3. The quantitative estimate of drug-likeness (QED) is 0.528. The number of hydrogen-bond acceptors (Lipinski definition) is 4. The maximum atomic E-state index is 3.52. The van der Waals surface area contributed by atoms with Gasteiger partial charge in [-0.25, -0.2) is 0 Å². The predicted octanol–water partition coefficient (Wildman–Crippen LogP) is -1.15. The van der Waals surface area contributed by atoms with Gasteiger partial charge in [0.2, 0.25) is 0 Å². The van der Waals surface area contributed by atoms with Crippen molar-refractivity contribution in [2.75, 3.05) is 58.9 Å². The fourth-order valence-corrected chi connectivity index (χ4v) is 2.92. The van der Waals surface area contributed by atoms with Gasteiger partial charge < -0.3 is 5.32 Å². The van der Waals surface area contributed by atoms with Gasteiger partial charge >= 0.3 is 0 Å². The van der Waals surface area contributed by atoms with Crippen LogP contribution in [-0.4, -0.2) is 79.8 Å². The molecule has 3 aliphatic heterocycles. The molecule has 3 aliphatic rings. The maximum absolute atomic E-state index is 3.52. The van der Waals surface area contributed by atoms with Crippen LogP contribution in [0.4, 0.5) is 0 Å². The molecule has 2 bridgehead atoms. The topological polar surface area (TPSA) is 21.8 Å². The Kier molecular flexibility index (Phi) is 2.45. The van der Waals surface area contributed by atoms with Crippen molar-refractivity contribution in [1.82, 2.24) is 20.0 Å². The zero-order valence-electron chi connectivity index (χ0n) is 8.78. The second-order valence-electron chi connectivity index (χ2n) is 4.60. The summed E-state index contributed by atoms with van der Waals surface area (Å²) in [6.07, 6.45) is 0.726. The third kappa shape index (κ3) is 1.56. The van der Waals surface area contributed by atoms with Crippen LogP contribution in [0.15, 0.2) is 0 Å². The van der Waals surface area contributed by atoms with E-state index >= 15 is 0 Å². The summed E-state index contributed by atoms with van der Waals surface area (Å²) in [5.74, 6) is 0. The van der Waals surface area contributed by atoms with Crippen LogP contribution in [0.5, 0.6) is 0 Å². The van der Waals surface area contributed by atoms with Crippen LogP contribution < -0.4 is 5.32 Å². The molecule has 3 saturated heterocycles. The van der Waals surface area contributed by atoms with Crippen LogP contribution >= 0.6 is 0 Å². The summed E-state index contributed by atoms with van der Waals surface area (Å²) >= 11 is 0. The predicted molar refractivity (Wildman–Crippen MR) is 56.2 cm³/mol. The van der Waals surface area contributed by atoms with Gasteiger partial charge in [-0.3, -0.25) is 14.7 Å². The molecular formula is C10H20N4. The van der Waals surface area contributed by atoms with Crippen LogP contribution in [-0.2, 0) is 0 Å². The number of fused-ring (bicyclic) bond motifs is 1. The Morgan fingerprint density at radius 1 is 0.786 bits per heavy atom. The van der Waals surface area contributed by atoms with E-state index in [2.05, 4.69) is 20.0 Å². The highest BCUT2D eigenvalue weighted by Crippen LogP contribution is 2.19. The standard InChI is InChI=1S/C10H20N4/c1-3-12-5-6-14-8-7-13(4-2-11-1)10(14)9-12/h10-11H,1-9H2. The summed E-state index contributed by atoms with van der Waals surface area (Å²) in [6, 6.07) is 0. The number of nitrogens with zero attached hydrogens (tertiary/aromatic N) is 3. The molecule has 80 valence electrons. The molecule has 0 aromatic carbocycles. The van der Waals surface area contributed by atoms with E-state index in [1.54, 1.807) is 0 Å². The van der Waals surface area contributed by atoms with Gasteiger partial charge in [0.25, 0.3) is 0 Å². The molecule has 3 fully saturated rings. The molecule has 3 rings (SSSR count).